The monoisotopic (exact) mass is 356 g/mol. The molecule has 0 atom stereocenters. The highest BCUT2D eigenvalue weighted by Crippen LogP contribution is 2.37. The van der Waals surface area contributed by atoms with Gasteiger partial charge in [0.1, 0.15) is 0 Å². The molecule has 1 saturated carbocycles. The molecule has 0 aliphatic heterocycles. The van der Waals surface area contributed by atoms with Crippen LogP contribution in [0.5, 0.6) is 0 Å². The van der Waals surface area contributed by atoms with Crippen LogP contribution in [0.2, 0.25) is 0 Å². The van der Waals surface area contributed by atoms with Gasteiger partial charge in [-0.05, 0) is 44.1 Å². The topological polar surface area (TPSA) is 75.4 Å². The molecular formula is C21H28N2O3. The minimum atomic E-state index is -0.794. The fourth-order valence-corrected chi connectivity index (χ4v) is 3.83. The molecule has 26 heavy (non-hydrogen) atoms. The molecule has 5 heteroatoms. The van der Waals surface area contributed by atoms with Crippen LogP contribution in [0.1, 0.15) is 80.1 Å². The zero-order chi connectivity index (χ0) is 18.6. The average Bonchev–Trinajstić information content (AvgIpc) is 3.16. The van der Waals surface area contributed by atoms with Crippen LogP contribution in [0.4, 0.5) is 0 Å². The van der Waals surface area contributed by atoms with Gasteiger partial charge in [0.25, 0.3) is 5.91 Å². The Hall–Kier alpha value is -2.14. The molecule has 2 N–H and O–H groups in total. The van der Waals surface area contributed by atoms with Crippen LogP contribution in [0.3, 0.4) is 0 Å². The Morgan fingerprint density at radius 2 is 1.92 bits per heavy atom. The van der Waals surface area contributed by atoms with E-state index in [9.17, 15) is 9.90 Å². The first-order valence-electron chi connectivity index (χ1n) is 9.61. The Morgan fingerprint density at radius 1 is 1.27 bits per heavy atom. The van der Waals surface area contributed by atoms with Crippen LogP contribution in [0.15, 0.2) is 40.9 Å². The summed E-state index contributed by atoms with van der Waals surface area (Å²) < 4.78 is 5.25. The van der Waals surface area contributed by atoms with Gasteiger partial charge < -0.3 is 14.9 Å². The Kier molecular flexibility index (Phi) is 5.77. The molecule has 1 aromatic heterocycles. The molecule has 0 unspecified atom stereocenters. The Bertz CT molecular complexity index is 714. The quantitative estimate of drug-likeness (QED) is 0.816. The second-order valence-corrected chi connectivity index (χ2v) is 7.27. The number of hydrogen-bond acceptors (Lipinski definition) is 4. The summed E-state index contributed by atoms with van der Waals surface area (Å²) in [5, 5.41) is 18.0. The van der Waals surface area contributed by atoms with Crippen molar-refractivity contribution < 1.29 is 14.4 Å². The predicted molar refractivity (Wildman–Crippen MR) is 99.9 cm³/mol. The summed E-state index contributed by atoms with van der Waals surface area (Å²) in [6.07, 6.45) is 4.71. The zero-order valence-corrected chi connectivity index (χ0v) is 15.6. The summed E-state index contributed by atoms with van der Waals surface area (Å²) in [5.74, 6) is 0.386. The number of aliphatic hydroxyl groups is 1. The maximum absolute atomic E-state index is 12.4. The van der Waals surface area contributed by atoms with Gasteiger partial charge in [-0.15, -0.1) is 0 Å². The van der Waals surface area contributed by atoms with E-state index in [1.54, 1.807) is 6.07 Å². The highest BCUT2D eigenvalue weighted by Gasteiger charge is 2.35. The van der Waals surface area contributed by atoms with Gasteiger partial charge in [-0.3, -0.25) is 4.79 Å². The molecule has 5 nitrogen and oxygen atoms in total. The number of carbonyl (C=O) groups excluding carboxylic acids is 1. The van der Waals surface area contributed by atoms with Crippen molar-refractivity contribution in [2.45, 2.75) is 69.9 Å². The summed E-state index contributed by atoms with van der Waals surface area (Å²) in [6.45, 7) is 4.22. The Morgan fingerprint density at radius 3 is 2.54 bits per heavy atom. The third-order valence-electron chi connectivity index (χ3n) is 5.62. The fourth-order valence-electron chi connectivity index (χ4n) is 3.83. The minimum absolute atomic E-state index is 0.0492. The summed E-state index contributed by atoms with van der Waals surface area (Å²) in [5.41, 5.74) is 1.01. The standard InChI is InChI=1S/C21H28N2O3/c1-3-15(4-2)18-14-19(26-23-18)20(24)22-17-10-12-21(25,13-11-17)16-8-6-5-7-9-16/h5-9,14-15,17,25H,3-4,10-13H2,1-2H3,(H,22,24). The molecule has 1 aliphatic carbocycles. The van der Waals surface area contributed by atoms with Crippen LogP contribution < -0.4 is 5.32 Å². The van der Waals surface area contributed by atoms with E-state index in [0.717, 1.165) is 36.9 Å². The molecule has 1 amide bonds. The lowest BCUT2D eigenvalue weighted by molar-refractivity contribution is -0.00814. The van der Waals surface area contributed by atoms with Gasteiger partial charge in [-0.1, -0.05) is 49.3 Å². The molecule has 1 heterocycles. The number of aromatic nitrogens is 1. The van der Waals surface area contributed by atoms with Crippen LogP contribution in [0.25, 0.3) is 0 Å². The van der Waals surface area contributed by atoms with Crippen molar-refractivity contribution in [2.75, 3.05) is 0 Å². The lowest BCUT2D eigenvalue weighted by atomic mass is 9.78. The van der Waals surface area contributed by atoms with E-state index in [2.05, 4.69) is 24.3 Å². The first-order chi connectivity index (χ1) is 12.6. The molecule has 1 aromatic carbocycles. The van der Waals surface area contributed by atoms with E-state index in [1.165, 1.54) is 0 Å². The van der Waals surface area contributed by atoms with Gasteiger partial charge in [0.15, 0.2) is 0 Å². The number of nitrogens with zero attached hydrogens (tertiary/aromatic N) is 1. The first-order valence-corrected chi connectivity index (χ1v) is 9.61. The average molecular weight is 356 g/mol. The van der Waals surface area contributed by atoms with E-state index in [4.69, 9.17) is 4.52 Å². The maximum Gasteiger partial charge on any atom is 0.290 e. The molecule has 1 aliphatic rings. The lowest BCUT2D eigenvalue weighted by Crippen LogP contribution is -2.42. The van der Waals surface area contributed by atoms with Crippen molar-refractivity contribution in [1.82, 2.24) is 10.5 Å². The molecule has 0 spiro atoms. The van der Waals surface area contributed by atoms with Gasteiger partial charge >= 0.3 is 0 Å². The molecule has 140 valence electrons. The summed E-state index contributed by atoms with van der Waals surface area (Å²) >= 11 is 0. The van der Waals surface area contributed by atoms with Crippen molar-refractivity contribution in [3.05, 3.63) is 53.4 Å². The van der Waals surface area contributed by atoms with Crippen molar-refractivity contribution in [3.8, 4) is 0 Å². The molecular weight excluding hydrogens is 328 g/mol. The molecule has 1 fully saturated rings. The van der Waals surface area contributed by atoms with Crippen molar-refractivity contribution in [1.29, 1.82) is 0 Å². The van der Waals surface area contributed by atoms with Gasteiger partial charge in [0.2, 0.25) is 5.76 Å². The van der Waals surface area contributed by atoms with Gasteiger partial charge in [-0.2, -0.15) is 0 Å². The van der Waals surface area contributed by atoms with E-state index in [1.807, 2.05) is 30.3 Å². The van der Waals surface area contributed by atoms with E-state index < -0.39 is 5.60 Å². The van der Waals surface area contributed by atoms with Gasteiger partial charge in [0, 0.05) is 18.0 Å². The third-order valence-corrected chi connectivity index (χ3v) is 5.62. The predicted octanol–water partition coefficient (Wildman–Crippen LogP) is 4.14. The molecule has 0 radical (unpaired) electrons. The first kappa shape index (κ1) is 18.6. The van der Waals surface area contributed by atoms with Gasteiger partial charge in [0.05, 0.1) is 11.3 Å². The van der Waals surface area contributed by atoms with Crippen molar-refractivity contribution in [3.63, 3.8) is 0 Å². The normalized spacial score (nSPS) is 23.2. The Labute approximate surface area is 154 Å². The number of carbonyl (C=O) groups is 1. The second kappa shape index (κ2) is 8.04. The number of rotatable bonds is 6. The molecule has 2 aromatic rings. The molecule has 3 rings (SSSR count). The van der Waals surface area contributed by atoms with E-state index >= 15 is 0 Å². The SMILES string of the molecule is CCC(CC)c1cc(C(=O)NC2CCC(O)(c3ccccc3)CC2)on1. The molecule has 0 saturated heterocycles. The van der Waals surface area contributed by atoms with E-state index in [0.29, 0.717) is 18.8 Å². The fraction of sp³-hybridized carbons (Fsp3) is 0.524. The number of nitrogens with one attached hydrogen (secondary N) is 1. The minimum Gasteiger partial charge on any atom is -0.385 e. The smallest absolute Gasteiger partial charge is 0.290 e. The third kappa shape index (κ3) is 3.98. The zero-order valence-electron chi connectivity index (χ0n) is 15.6. The van der Waals surface area contributed by atoms with Crippen LogP contribution in [-0.2, 0) is 5.60 Å². The van der Waals surface area contributed by atoms with Crippen molar-refractivity contribution in [2.24, 2.45) is 0 Å². The number of amides is 1. The van der Waals surface area contributed by atoms with Crippen LogP contribution >= 0.6 is 0 Å². The molecule has 0 bridgehead atoms. The summed E-state index contributed by atoms with van der Waals surface area (Å²) in [4.78, 5) is 12.4. The van der Waals surface area contributed by atoms with Gasteiger partial charge in [-0.25, -0.2) is 0 Å². The van der Waals surface area contributed by atoms with Crippen LogP contribution in [0, 0.1) is 0 Å². The second-order valence-electron chi connectivity index (χ2n) is 7.27. The summed E-state index contributed by atoms with van der Waals surface area (Å²) in [7, 11) is 0. The Balaban J connectivity index is 1.57. The summed E-state index contributed by atoms with van der Waals surface area (Å²) in [6, 6.07) is 11.6. The largest absolute Gasteiger partial charge is 0.385 e. The number of benzene rings is 1. The maximum atomic E-state index is 12.4. The highest BCUT2D eigenvalue weighted by atomic mass is 16.5. The van der Waals surface area contributed by atoms with E-state index in [-0.39, 0.29) is 17.7 Å². The van der Waals surface area contributed by atoms with Crippen LogP contribution in [-0.4, -0.2) is 22.2 Å². The highest BCUT2D eigenvalue weighted by molar-refractivity contribution is 5.91. The van der Waals surface area contributed by atoms with Crippen molar-refractivity contribution >= 4 is 5.91 Å². The number of hydrogen-bond donors (Lipinski definition) is 2. The lowest BCUT2D eigenvalue weighted by Gasteiger charge is -2.36.